The number of carbonyl (C=O) groups is 2. The number of nitrogens with one attached hydrogen (secondary N) is 1. The van der Waals surface area contributed by atoms with Gasteiger partial charge < -0.3 is 10.4 Å². The molecule has 0 unspecified atom stereocenters. The molecule has 1 aromatic rings. The molecule has 5 heteroatoms. The first-order valence-corrected chi connectivity index (χ1v) is 5.48. The first-order chi connectivity index (χ1) is 7.84. The molecule has 0 atom stereocenters. The van der Waals surface area contributed by atoms with Crippen molar-refractivity contribution in [3.63, 3.8) is 0 Å². The average Bonchev–Trinajstić information content (AvgIpc) is 2.26. The molecular formula is C12H14ClNO3. The quantitative estimate of drug-likeness (QED) is 0.867. The number of halogens is 1. The molecule has 0 saturated heterocycles. The molecule has 1 aromatic carbocycles. The minimum Gasteiger partial charge on any atom is -0.481 e. The zero-order valence-electron chi connectivity index (χ0n) is 9.66. The summed E-state index contributed by atoms with van der Waals surface area (Å²) in [6, 6.07) is 6.62. The summed E-state index contributed by atoms with van der Waals surface area (Å²) in [5.41, 5.74) is -0.660. The number of carboxylic acids is 1. The van der Waals surface area contributed by atoms with Crippen LogP contribution in [0.1, 0.15) is 24.2 Å². The fourth-order valence-corrected chi connectivity index (χ4v) is 1.34. The third-order valence-electron chi connectivity index (χ3n) is 2.39. The summed E-state index contributed by atoms with van der Waals surface area (Å²) in [6.45, 7) is 3.14. The summed E-state index contributed by atoms with van der Waals surface area (Å²) in [4.78, 5) is 22.6. The van der Waals surface area contributed by atoms with Crippen molar-refractivity contribution in [2.75, 3.05) is 6.54 Å². The molecule has 17 heavy (non-hydrogen) atoms. The van der Waals surface area contributed by atoms with Crippen LogP contribution in [0.15, 0.2) is 24.3 Å². The van der Waals surface area contributed by atoms with E-state index in [2.05, 4.69) is 5.32 Å². The summed E-state index contributed by atoms with van der Waals surface area (Å²) in [7, 11) is 0. The van der Waals surface area contributed by atoms with Crippen molar-refractivity contribution in [1.82, 2.24) is 5.32 Å². The van der Waals surface area contributed by atoms with Gasteiger partial charge in [-0.15, -0.1) is 0 Å². The van der Waals surface area contributed by atoms with Crippen LogP contribution in [0.4, 0.5) is 0 Å². The van der Waals surface area contributed by atoms with Crippen molar-refractivity contribution in [3.05, 3.63) is 34.9 Å². The Morgan fingerprint density at radius 1 is 1.35 bits per heavy atom. The lowest BCUT2D eigenvalue weighted by molar-refractivity contribution is -0.146. The number of aliphatic carboxylic acids is 1. The fraction of sp³-hybridized carbons (Fsp3) is 0.333. The second-order valence-electron chi connectivity index (χ2n) is 4.35. The van der Waals surface area contributed by atoms with Crippen molar-refractivity contribution in [3.8, 4) is 0 Å². The van der Waals surface area contributed by atoms with Gasteiger partial charge in [-0.25, -0.2) is 0 Å². The van der Waals surface area contributed by atoms with Crippen molar-refractivity contribution in [2.45, 2.75) is 13.8 Å². The second kappa shape index (κ2) is 5.19. The molecule has 92 valence electrons. The van der Waals surface area contributed by atoms with Gasteiger partial charge in [0, 0.05) is 6.54 Å². The normalized spacial score (nSPS) is 11.0. The van der Waals surface area contributed by atoms with Gasteiger partial charge in [0.15, 0.2) is 0 Å². The van der Waals surface area contributed by atoms with E-state index in [9.17, 15) is 9.59 Å². The number of carboxylic acid groups (broad SMARTS) is 1. The summed E-state index contributed by atoms with van der Waals surface area (Å²) in [5, 5.41) is 11.8. The third-order valence-corrected chi connectivity index (χ3v) is 2.72. The Hall–Kier alpha value is -1.55. The number of carbonyl (C=O) groups excluding carboxylic acids is 1. The van der Waals surface area contributed by atoms with E-state index in [1.54, 1.807) is 38.1 Å². The summed E-state index contributed by atoms with van der Waals surface area (Å²) < 4.78 is 0. The topological polar surface area (TPSA) is 66.4 Å². The van der Waals surface area contributed by atoms with Crippen LogP contribution in [0.2, 0.25) is 5.02 Å². The molecule has 0 saturated carbocycles. The molecule has 0 aliphatic heterocycles. The second-order valence-corrected chi connectivity index (χ2v) is 4.76. The molecule has 0 radical (unpaired) electrons. The van der Waals surface area contributed by atoms with Crippen LogP contribution in [-0.2, 0) is 4.79 Å². The number of hydrogen-bond acceptors (Lipinski definition) is 2. The molecule has 4 nitrogen and oxygen atoms in total. The maximum absolute atomic E-state index is 11.7. The van der Waals surface area contributed by atoms with E-state index in [1.165, 1.54) is 0 Å². The molecule has 0 fully saturated rings. The number of hydrogen-bond donors (Lipinski definition) is 2. The Balaban J connectivity index is 2.69. The molecule has 2 N–H and O–H groups in total. The largest absolute Gasteiger partial charge is 0.481 e. The molecule has 0 aliphatic rings. The van der Waals surface area contributed by atoms with Gasteiger partial charge in [-0.05, 0) is 26.0 Å². The SMILES string of the molecule is CC(C)(CNC(=O)c1ccccc1Cl)C(=O)O. The molecule has 1 amide bonds. The highest BCUT2D eigenvalue weighted by molar-refractivity contribution is 6.33. The van der Waals surface area contributed by atoms with Crippen molar-refractivity contribution in [1.29, 1.82) is 0 Å². The highest BCUT2D eigenvalue weighted by Gasteiger charge is 2.27. The van der Waals surface area contributed by atoms with Gasteiger partial charge in [0.2, 0.25) is 0 Å². The third kappa shape index (κ3) is 3.46. The Kier molecular flexibility index (Phi) is 4.12. The maximum atomic E-state index is 11.7. The smallest absolute Gasteiger partial charge is 0.310 e. The van der Waals surface area contributed by atoms with E-state index < -0.39 is 11.4 Å². The predicted octanol–water partition coefficient (Wildman–Crippen LogP) is 2.18. The van der Waals surface area contributed by atoms with Gasteiger partial charge >= 0.3 is 5.97 Å². The first-order valence-electron chi connectivity index (χ1n) is 5.11. The van der Waals surface area contributed by atoms with Crippen LogP contribution >= 0.6 is 11.6 Å². The fourth-order valence-electron chi connectivity index (χ4n) is 1.12. The minimum absolute atomic E-state index is 0.0480. The molecule has 0 bridgehead atoms. The Bertz CT molecular complexity index is 443. The van der Waals surface area contributed by atoms with Gasteiger partial charge in [0.1, 0.15) is 0 Å². The Labute approximate surface area is 105 Å². The van der Waals surface area contributed by atoms with Crippen LogP contribution in [-0.4, -0.2) is 23.5 Å². The van der Waals surface area contributed by atoms with E-state index >= 15 is 0 Å². The Morgan fingerprint density at radius 2 is 1.94 bits per heavy atom. The molecule has 0 spiro atoms. The van der Waals surface area contributed by atoms with E-state index in [1.807, 2.05) is 0 Å². The predicted molar refractivity (Wildman–Crippen MR) is 65.2 cm³/mol. The number of rotatable bonds is 4. The van der Waals surface area contributed by atoms with Crippen molar-refractivity contribution >= 4 is 23.5 Å². The molecule has 0 aliphatic carbocycles. The molecular weight excluding hydrogens is 242 g/mol. The van der Waals surface area contributed by atoms with Crippen molar-refractivity contribution < 1.29 is 14.7 Å². The Morgan fingerprint density at radius 3 is 2.47 bits per heavy atom. The lowest BCUT2D eigenvalue weighted by atomic mass is 9.94. The minimum atomic E-state index is -1.00. The standard InChI is InChI=1S/C12H14ClNO3/c1-12(2,11(16)17)7-14-10(15)8-5-3-4-6-9(8)13/h3-6H,7H2,1-2H3,(H,14,15)(H,16,17). The van der Waals surface area contributed by atoms with Gasteiger partial charge in [-0.1, -0.05) is 23.7 Å². The lowest BCUT2D eigenvalue weighted by Crippen LogP contribution is -2.38. The number of benzene rings is 1. The highest BCUT2D eigenvalue weighted by atomic mass is 35.5. The van der Waals surface area contributed by atoms with E-state index in [4.69, 9.17) is 16.7 Å². The molecule has 0 aromatic heterocycles. The van der Waals surface area contributed by atoms with E-state index in [0.717, 1.165) is 0 Å². The summed E-state index contributed by atoms with van der Waals surface area (Å²) in [6.07, 6.45) is 0. The van der Waals surface area contributed by atoms with Gasteiger partial charge in [-0.2, -0.15) is 0 Å². The zero-order valence-corrected chi connectivity index (χ0v) is 10.4. The van der Waals surface area contributed by atoms with Gasteiger partial charge in [0.25, 0.3) is 5.91 Å². The van der Waals surface area contributed by atoms with Crippen LogP contribution in [0.25, 0.3) is 0 Å². The number of amides is 1. The van der Waals surface area contributed by atoms with Crippen molar-refractivity contribution in [2.24, 2.45) is 5.41 Å². The molecule has 0 heterocycles. The van der Waals surface area contributed by atoms with E-state index in [-0.39, 0.29) is 12.5 Å². The average molecular weight is 256 g/mol. The van der Waals surface area contributed by atoms with Crippen LogP contribution in [0.5, 0.6) is 0 Å². The van der Waals surface area contributed by atoms with Gasteiger partial charge in [-0.3, -0.25) is 9.59 Å². The first kappa shape index (κ1) is 13.5. The summed E-state index contributed by atoms with van der Waals surface area (Å²) >= 11 is 5.85. The summed E-state index contributed by atoms with van der Waals surface area (Å²) in [5.74, 6) is -1.33. The monoisotopic (exact) mass is 255 g/mol. The van der Waals surface area contributed by atoms with E-state index in [0.29, 0.717) is 10.6 Å². The van der Waals surface area contributed by atoms with Crippen LogP contribution in [0.3, 0.4) is 0 Å². The molecule has 1 rings (SSSR count). The lowest BCUT2D eigenvalue weighted by Gasteiger charge is -2.19. The maximum Gasteiger partial charge on any atom is 0.310 e. The zero-order chi connectivity index (χ0) is 13.1. The highest BCUT2D eigenvalue weighted by Crippen LogP contribution is 2.16. The van der Waals surface area contributed by atoms with Crippen LogP contribution in [0, 0.1) is 5.41 Å². The van der Waals surface area contributed by atoms with Gasteiger partial charge in [0.05, 0.1) is 16.0 Å². The van der Waals surface area contributed by atoms with Crippen LogP contribution < -0.4 is 5.32 Å².